The van der Waals surface area contributed by atoms with Gasteiger partial charge in [-0.05, 0) is 0 Å². The fraction of sp³-hybridized carbons (Fsp3) is 1.00. The lowest BCUT2D eigenvalue weighted by atomic mass is 10.6. The van der Waals surface area contributed by atoms with E-state index in [4.69, 9.17) is 27.9 Å². The number of epoxide rings is 1. The van der Waals surface area contributed by atoms with Gasteiger partial charge in [-0.1, -0.05) is 11.6 Å². The Morgan fingerprint density at radius 3 is 2.17 bits per heavy atom. The van der Waals surface area contributed by atoms with Crippen molar-refractivity contribution in [2.45, 2.75) is 11.7 Å². The normalized spacial score (nSPS) is 43.0. The Kier molecular flexibility index (Phi) is 1.22. The highest BCUT2D eigenvalue weighted by molar-refractivity contribution is 6.23. The Hall–Kier alpha value is 0.540. The van der Waals surface area contributed by atoms with Crippen molar-refractivity contribution in [3.8, 4) is 0 Å². The van der Waals surface area contributed by atoms with Crippen LogP contribution in [0, 0.1) is 0 Å². The lowest BCUT2D eigenvalue weighted by Gasteiger charge is -1.68. The maximum atomic E-state index is 5.35. The van der Waals surface area contributed by atoms with Gasteiger partial charge in [-0.3, -0.25) is 0 Å². The minimum absolute atomic E-state index is 0.0949. The van der Waals surface area contributed by atoms with E-state index >= 15 is 0 Å². The first-order chi connectivity index (χ1) is 2.84. The Bertz CT molecular complexity index is 54.8. The molecule has 1 heterocycles. The van der Waals surface area contributed by atoms with Crippen molar-refractivity contribution in [1.82, 2.24) is 0 Å². The van der Waals surface area contributed by atoms with Crippen LogP contribution in [0.5, 0.6) is 0 Å². The summed E-state index contributed by atoms with van der Waals surface area (Å²) in [6.45, 7) is 0. The molecule has 1 fully saturated rings. The van der Waals surface area contributed by atoms with Crippen LogP contribution in [0.1, 0.15) is 0 Å². The van der Waals surface area contributed by atoms with Gasteiger partial charge in [0.2, 0.25) is 0 Å². The summed E-state index contributed by atoms with van der Waals surface area (Å²) in [5.74, 6) is 0.522. The predicted molar refractivity (Wildman–Crippen MR) is 25.2 cm³/mol. The molecule has 0 aromatic rings. The van der Waals surface area contributed by atoms with Gasteiger partial charge in [0, 0.05) is 0 Å². The molecule has 0 spiro atoms. The highest BCUT2D eigenvalue weighted by Crippen LogP contribution is 2.25. The summed E-state index contributed by atoms with van der Waals surface area (Å²) in [6, 6.07) is 0. The molecule has 1 saturated heterocycles. The van der Waals surface area contributed by atoms with Gasteiger partial charge in [-0.15, -0.1) is 11.6 Å². The lowest BCUT2D eigenvalue weighted by Crippen LogP contribution is -1.85. The average molecular weight is 127 g/mol. The second kappa shape index (κ2) is 1.57. The van der Waals surface area contributed by atoms with E-state index in [1.807, 2.05) is 0 Å². The molecule has 0 aromatic heterocycles. The van der Waals surface area contributed by atoms with E-state index < -0.39 is 0 Å². The molecule has 2 atom stereocenters. The maximum Gasteiger partial charge on any atom is 0.159 e. The minimum atomic E-state index is -0.0949. The third kappa shape index (κ3) is 0.780. The topological polar surface area (TPSA) is 12.5 Å². The molecule has 0 aliphatic carbocycles. The van der Waals surface area contributed by atoms with Crippen LogP contribution in [0.2, 0.25) is 0 Å². The maximum absolute atomic E-state index is 5.35. The van der Waals surface area contributed by atoms with Crippen molar-refractivity contribution < 1.29 is 4.74 Å². The van der Waals surface area contributed by atoms with Crippen LogP contribution in [-0.2, 0) is 4.74 Å². The zero-order valence-electron chi connectivity index (χ0n) is 3.03. The number of rotatable bonds is 1. The summed E-state index contributed by atoms with van der Waals surface area (Å²) >= 11 is 10.6. The van der Waals surface area contributed by atoms with Crippen LogP contribution in [0.15, 0.2) is 0 Å². The summed E-state index contributed by atoms with van der Waals surface area (Å²) in [7, 11) is 0. The van der Waals surface area contributed by atoms with Crippen molar-refractivity contribution in [3.05, 3.63) is 0 Å². The zero-order chi connectivity index (χ0) is 4.57. The highest BCUT2D eigenvalue weighted by Gasteiger charge is 2.35. The van der Waals surface area contributed by atoms with Crippen LogP contribution in [0.3, 0.4) is 0 Å². The van der Waals surface area contributed by atoms with Crippen molar-refractivity contribution >= 4 is 23.2 Å². The van der Waals surface area contributed by atoms with E-state index in [1.165, 1.54) is 0 Å². The Labute approximate surface area is 46.2 Å². The Balaban J connectivity index is 2.09. The Morgan fingerprint density at radius 2 is 2.17 bits per heavy atom. The van der Waals surface area contributed by atoms with Gasteiger partial charge in [0.05, 0.1) is 5.88 Å². The van der Waals surface area contributed by atoms with E-state index in [9.17, 15) is 0 Å². The molecule has 3 heteroatoms. The molecule has 2 unspecified atom stereocenters. The number of hydrogen-bond acceptors (Lipinski definition) is 1. The first-order valence-corrected chi connectivity index (χ1v) is 2.67. The van der Waals surface area contributed by atoms with Crippen molar-refractivity contribution in [3.63, 3.8) is 0 Å². The smallest absolute Gasteiger partial charge is 0.159 e. The second-order valence-corrected chi connectivity index (χ2v) is 1.92. The molecule has 1 aliphatic heterocycles. The fourth-order valence-corrected chi connectivity index (χ4v) is 0.775. The number of alkyl halides is 2. The highest BCUT2D eigenvalue weighted by atomic mass is 35.5. The quantitative estimate of drug-likeness (QED) is 0.380. The molecule has 1 rings (SSSR count). The van der Waals surface area contributed by atoms with Gasteiger partial charge in [-0.25, -0.2) is 0 Å². The van der Waals surface area contributed by atoms with Gasteiger partial charge in [0.15, 0.2) is 5.56 Å². The summed E-state index contributed by atoms with van der Waals surface area (Å²) in [6.07, 6.45) is 0.133. The van der Waals surface area contributed by atoms with Crippen LogP contribution in [-0.4, -0.2) is 17.5 Å². The molecule has 0 bridgehead atoms. The molecule has 1 nitrogen and oxygen atoms in total. The molecular formula is C3H4Cl2O. The SMILES string of the molecule is ClCC1OC1Cl. The van der Waals surface area contributed by atoms with Crippen molar-refractivity contribution in [2.24, 2.45) is 0 Å². The molecule has 0 N–H and O–H groups in total. The third-order valence-electron chi connectivity index (χ3n) is 0.673. The molecule has 1 aliphatic rings. The van der Waals surface area contributed by atoms with E-state index in [0.29, 0.717) is 5.88 Å². The van der Waals surface area contributed by atoms with Crippen LogP contribution < -0.4 is 0 Å². The molecule has 0 saturated carbocycles. The molecule has 36 valence electrons. The molecular weight excluding hydrogens is 123 g/mol. The molecule has 0 radical (unpaired) electrons. The van der Waals surface area contributed by atoms with Crippen molar-refractivity contribution in [1.29, 1.82) is 0 Å². The van der Waals surface area contributed by atoms with Gasteiger partial charge < -0.3 is 4.74 Å². The summed E-state index contributed by atoms with van der Waals surface area (Å²) < 4.78 is 4.70. The van der Waals surface area contributed by atoms with Crippen LogP contribution in [0.4, 0.5) is 0 Å². The Morgan fingerprint density at radius 1 is 1.67 bits per heavy atom. The van der Waals surface area contributed by atoms with Gasteiger partial charge >= 0.3 is 0 Å². The van der Waals surface area contributed by atoms with Gasteiger partial charge in [-0.2, -0.15) is 0 Å². The summed E-state index contributed by atoms with van der Waals surface area (Å²) in [5, 5.41) is 0. The van der Waals surface area contributed by atoms with Gasteiger partial charge in [0.1, 0.15) is 6.10 Å². The van der Waals surface area contributed by atoms with Crippen molar-refractivity contribution in [2.75, 3.05) is 5.88 Å². The first-order valence-electron chi connectivity index (χ1n) is 1.70. The molecule has 0 amide bonds. The average Bonchev–Trinajstić information content (AvgIpc) is 2.19. The standard InChI is InChI=1S/C3H4Cl2O/c4-1-2-3(5)6-2/h2-3H,1H2. The largest absolute Gasteiger partial charge is 0.351 e. The van der Waals surface area contributed by atoms with Gasteiger partial charge in [0.25, 0.3) is 0 Å². The minimum Gasteiger partial charge on any atom is -0.351 e. The fourth-order valence-electron chi connectivity index (χ4n) is 0.228. The second-order valence-electron chi connectivity index (χ2n) is 1.18. The predicted octanol–water partition coefficient (Wildman–Crippen LogP) is 1.19. The van der Waals surface area contributed by atoms with E-state index in [-0.39, 0.29) is 11.7 Å². The monoisotopic (exact) mass is 126 g/mol. The van der Waals surface area contributed by atoms with Crippen LogP contribution >= 0.6 is 23.2 Å². The summed E-state index contributed by atoms with van der Waals surface area (Å²) in [4.78, 5) is 0. The first kappa shape index (κ1) is 4.69. The molecule has 6 heavy (non-hydrogen) atoms. The number of ether oxygens (including phenoxy) is 1. The van der Waals surface area contributed by atoms with E-state index in [0.717, 1.165) is 0 Å². The number of hydrogen-bond donors (Lipinski definition) is 0. The summed E-state index contributed by atoms with van der Waals surface area (Å²) in [5.41, 5.74) is -0.0949. The third-order valence-corrected chi connectivity index (χ3v) is 1.36. The lowest BCUT2D eigenvalue weighted by molar-refractivity contribution is 0.413. The van der Waals surface area contributed by atoms with E-state index in [1.54, 1.807) is 0 Å². The molecule has 0 aromatic carbocycles. The number of halogens is 2. The van der Waals surface area contributed by atoms with Crippen LogP contribution in [0.25, 0.3) is 0 Å². The zero-order valence-corrected chi connectivity index (χ0v) is 4.54. The van der Waals surface area contributed by atoms with E-state index in [2.05, 4.69) is 0 Å².